The van der Waals surface area contributed by atoms with E-state index in [0.717, 1.165) is 25.9 Å². The van der Waals surface area contributed by atoms with Crippen LogP contribution in [0.4, 0.5) is 11.6 Å². The predicted octanol–water partition coefficient (Wildman–Crippen LogP) is 1.28. The Morgan fingerprint density at radius 3 is 2.61 bits per heavy atom. The molecule has 2 heterocycles. The summed E-state index contributed by atoms with van der Waals surface area (Å²) in [7, 11) is 0. The maximum Gasteiger partial charge on any atom is 0.265 e. The van der Waals surface area contributed by atoms with Crippen LogP contribution >= 0.6 is 0 Å². The normalized spacial score (nSPS) is 16.8. The Morgan fingerprint density at radius 1 is 1.17 bits per heavy atom. The van der Waals surface area contributed by atoms with E-state index in [1.807, 2.05) is 6.07 Å². The molecule has 1 aromatic heterocycles. The van der Waals surface area contributed by atoms with Crippen molar-refractivity contribution < 1.29 is 0 Å². The summed E-state index contributed by atoms with van der Waals surface area (Å²) < 4.78 is 0. The molecule has 6 nitrogen and oxygen atoms in total. The summed E-state index contributed by atoms with van der Waals surface area (Å²) in [5, 5.41) is 17.7. The van der Waals surface area contributed by atoms with Crippen LogP contribution < -0.4 is 10.2 Å². The minimum Gasteiger partial charge on any atom is -0.382 e. The van der Waals surface area contributed by atoms with Crippen molar-refractivity contribution in [3.8, 4) is 0 Å². The third-order valence-corrected chi connectivity index (χ3v) is 3.26. The molecule has 94 valence electrons. The molecule has 1 aromatic carbocycles. The molecule has 0 aliphatic carbocycles. The molecular weight excluding hydrogens is 228 g/mol. The quantitative estimate of drug-likeness (QED) is 0.851. The number of para-hydroxylation sites is 1. The fraction of sp³-hybridized carbons (Fsp3) is 0.417. The maximum atomic E-state index is 4.01. The van der Waals surface area contributed by atoms with E-state index in [1.165, 1.54) is 5.69 Å². The van der Waals surface area contributed by atoms with Gasteiger partial charge >= 0.3 is 0 Å². The smallest absolute Gasteiger partial charge is 0.265 e. The summed E-state index contributed by atoms with van der Waals surface area (Å²) in [6, 6.07) is 10.9. The van der Waals surface area contributed by atoms with Crippen LogP contribution in [-0.4, -0.2) is 39.8 Å². The summed E-state index contributed by atoms with van der Waals surface area (Å²) >= 11 is 0. The summed E-state index contributed by atoms with van der Waals surface area (Å²) in [5.41, 5.74) is 1.19. The average Bonchev–Trinajstić information content (AvgIpc) is 2.95. The van der Waals surface area contributed by atoms with Crippen molar-refractivity contribution in [2.45, 2.75) is 18.9 Å². The number of hydrogen-bond donors (Lipinski definition) is 2. The summed E-state index contributed by atoms with van der Waals surface area (Å²) in [6.45, 7) is 1.92. The van der Waals surface area contributed by atoms with Gasteiger partial charge in [-0.3, -0.25) is 0 Å². The monoisotopic (exact) mass is 244 g/mol. The lowest BCUT2D eigenvalue weighted by Crippen LogP contribution is -2.39. The number of H-pyrrole nitrogens is 1. The van der Waals surface area contributed by atoms with Gasteiger partial charge in [-0.2, -0.15) is 5.21 Å². The van der Waals surface area contributed by atoms with E-state index < -0.39 is 0 Å². The predicted molar refractivity (Wildman–Crippen MR) is 69.5 cm³/mol. The molecule has 0 bridgehead atoms. The van der Waals surface area contributed by atoms with Crippen LogP contribution in [0.15, 0.2) is 30.3 Å². The van der Waals surface area contributed by atoms with Crippen molar-refractivity contribution in [2.24, 2.45) is 0 Å². The van der Waals surface area contributed by atoms with Crippen LogP contribution in [0, 0.1) is 0 Å². The number of tetrazole rings is 1. The molecule has 0 spiro atoms. The summed E-state index contributed by atoms with van der Waals surface area (Å²) in [5.74, 6) is 0.702. The highest BCUT2D eigenvalue weighted by atomic mass is 15.5. The Balaban J connectivity index is 1.54. The lowest BCUT2D eigenvalue weighted by molar-refractivity contribution is 0.520. The van der Waals surface area contributed by atoms with E-state index >= 15 is 0 Å². The number of rotatable bonds is 3. The Hall–Kier alpha value is -2.11. The molecular formula is C12H16N6. The van der Waals surface area contributed by atoms with E-state index in [1.54, 1.807) is 0 Å². The second-order valence-corrected chi connectivity index (χ2v) is 4.48. The fourth-order valence-electron chi connectivity index (χ4n) is 2.28. The third-order valence-electron chi connectivity index (χ3n) is 3.26. The van der Waals surface area contributed by atoms with Crippen LogP contribution in [-0.2, 0) is 0 Å². The first kappa shape index (κ1) is 11.0. The summed E-state index contributed by atoms with van der Waals surface area (Å²) in [4.78, 5) is 2.16. The zero-order valence-corrected chi connectivity index (χ0v) is 10.1. The topological polar surface area (TPSA) is 69.7 Å². The van der Waals surface area contributed by atoms with E-state index in [4.69, 9.17) is 0 Å². The number of benzene rings is 1. The standard InChI is InChI=1S/C12H16N6/c1-2-4-10(5-3-1)13-11-6-8-18(9-7-11)12-14-16-17-15-12/h1-5,11,13H,6-9H2,(H,14,15,16,17). The maximum absolute atomic E-state index is 4.01. The van der Waals surface area contributed by atoms with Crippen molar-refractivity contribution in [2.75, 3.05) is 23.3 Å². The van der Waals surface area contributed by atoms with Crippen molar-refractivity contribution in [1.29, 1.82) is 0 Å². The number of aromatic amines is 1. The molecule has 3 rings (SSSR count). The molecule has 0 radical (unpaired) electrons. The number of nitrogens with zero attached hydrogens (tertiary/aromatic N) is 4. The fourth-order valence-corrected chi connectivity index (χ4v) is 2.28. The van der Waals surface area contributed by atoms with Gasteiger partial charge in [-0.15, -0.1) is 5.10 Å². The van der Waals surface area contributed by atoms with Crippen molar-refractivity contribution in [3.63, 3.8) is 0 Å². The molecule has 0 atom stereocenters. The first-order chi connectivity index (χ1) is 8.92. The van der Waals surface area contributed by atoms with Gasteiger partial charge in [0.25, 0.3) is 5.95 Å². The van der Waals surface area contributed by atoms with E-state index in [-0.39, 0.29) is 0 Å². The molecule has 18 heavy (non-hydrogen) atoms. The third kappa shape index (κ3) is 2.42. The van der Waals surface area contributed by atoms with E-state index in [2.05, 4.69) is 55.1 Å². The Bertz CT molecular complexity index is 461. The lowest BCUT2D eigenvalue weighted by atomic mass is 10.1. The first-order valence-electron chi connectivity index (χ1n) is 6.22. The largest absolute Gasteiger partial charge is 0.382 e. The molecule has 0 saturated carbocycles. The minimum absolute atomic E-state index is 0.524. The van der Waals surface area contributed by atoms with Crippen molar-refractivity contribution in [3.05, 3.63) is 30.3 Å². The van der Waals surface area contributed by atoms with Gasteiger partial charge in [-0.1, -0.05) is 23.3 Å². The lowest BCUT2D eigenvalue weighted by Gasteiger charge is -2.31. The Labute approximate surface area is 105 Å². The van der Waals surface area contributed by atoms with Crippen molar-refractivity contribution >= 4 is 11.6 Å². The van der Waals surface area contributed by atoms with Gasteiger partial charge in [0, 0.05) is 24.8 Å². The highest BCUT2D eigenvalue weighted by Gasteiger charge is 2.21. The van der Waals surface area contributed by atoms with Gasteiger partial charge in [0.2, 0.25) is 0 Å². The van der Waals surface area contributed by atoms with Gasteiger partial charge in [-0.25, -0.2) is 0 Å². The van der Waals surface area contributed by atoms with Gasteiger partial charge in [0.1, 0.15) is 0 Å². The number of aromatic nitrogens is 4. The van der Waals surface area contributed by atoms with Crippen LogP contribution in [0.1, 0.15) is 12.8 Å². The van der Waals surface area contributed by atoms with Crippen LogP contribution in [0.2, 0.25) is 0 Å². The van der Waals surface area contributed by atoms with Gasteiger partial charge in [-0.05, 0) is 30.2 Å². The van der Waals surface area contributed by atoms with Gasteiger partial charge in [0.15, 0.2) is 0 Å². The molecule has 6 heteroatoms. The minimum atomic E-state index is 0.524. The van der Waals surface area contributed by atoms with Gasteiger partial charge in [0.05, 0.1) is 0 Å². The molecule has 1 fully saturated rings. The number of nitrogens with one attached hydrogen (secondary N) is 2. The number of anilines is 2. The highest BCUT2D eigenvalue weighted by molar-refractivity contribution is 5.43. The van der Waals surface area contributed by atoms with Crippen LogP contribution in [0.3, 0.4) is 0 Å². The molecule has 0 amide bonds. The average molecular weight is 244 g/mol. The van der Waals surface area contributed by atoms with Crippen LogP contribution in [0.25, 0.3) is 0 Å². The number of piperidine rings is 1. The molecule has 1 saturated heterocycles. The molecule has 0 unspecified atom stereocenters. The second-order valence-electron chi connectivity index (χ2n) is 4.48. The molecule has 1 aliphatic rings. The first-order valence-corrected chi connectivity index (χ1v) is 6.22. The van der Waals surface area contributed by atoms with E-state index in [0.29, 0.717) is 12.0 Å². The number of hydrogen-bond acceptors (Lipinski definition) is 5. The zero-order valence-electron chi connectivity index (χ0n) is 10.1. The van der Waals surface area contributed by atoms with Crippen LogP contribution in [0.5, 0.6) is 0 Å². The van der Waals surface area contributed by atoms with E-state index in [9.17, 15) is 0 Å². The molecule has 1 aliphatic heterocycles. The Morgan fingerprint density at radius 2 is 1.94 bits per heavy atom. The SMILES string of the molecule is c1ccc(NC2CCN(c3nn[nH]n3)CC2)cc1. The zero-order chi connectivity index (χ0) is 12.2. The van der Waals surface area contributed by atoms with Gasteiger partial charge < -0.3 is 10.2 Å². The molecule has 2 N–H and O–H groups in total. The highest BCUT2D eigenvalue weighted by Crippen LogP contribution is 2.18. The second kappa shape index (κ2) is 5.03. The summed E-state index contributed by atoms with van der Waals surface area (Å²) in [6.07, 6.45) is 2.17. The Kier molecular flexibility index (Phi) is 3.08. The molecule has 2 aromatic rings. The van der Waals surface area contributed by atoms with Crippen molar-refractivity contribution in [1.82, 2.24) is 20.6 Å².